The van der Waals surface area contributed by atoms with Gasteiger partial charge in [0, 0.05) is 0 Å². The van der Waals surface area contributed by atoms with Crippen molar-refractivity contribution in [1.29, 1.82) is 0 Å². The lowest BCUT2D eigenvalue weighted by atomic mass is 9.66. The van der Waals surface area contributed by atoms with Crippen molar-refractivity contribution in [2.45, 2.75) is 52.1 Å². The van der Waals surface area contributed by atoms with Crippen LogP contribution in [0.5, 0.6) is 0 Å². The lowest BCUT2D eigenvalue weighted by molar-refractivity contribution is -0.352. The summed E-state index contributed by atoms with van der Waals surface area (Å²) >= 11 is 0. The van der Waals surface area contributed by atoms with Crippen LogP contribution >= 0.6 is 0 Å². The molecule has 0 aromatic carbocycles. The molecular formula is C9H18O2. The van der Waals surface area contributed by atoms with Crippen LogP contribution in [0, 0.1) is 5.41 Å². The van der Waals surface area contributed by atoms with Crippen molar-refractivity contribution < 1.29 is 10.1 Å². The average Bonchev–Trinajstić information content (AvgIpc) is 1.95. The molecule has 0 saturated heterocycles. The van der Waals surface area contributed by atoms with Crippen LogP contribution < -0.4 is 0 Å². The third-order valence-electron chi connectivity index (χ3n) is 3.34. The molecule has 11 heavy (non-hydrogen) atoms. The molecule has 1 fully saturated rings. The highest BCUT2D eigenvalue weighted by Crippen LogP contribution is 2.45. The third-order valence-corrected chi connectivity index (χ3v) is 3.34. The van der Waals surface area contributed by atoms with E-state index in [1.54, 1.807) is 0 Å². The Bertz CT molecular complexity index is 142. The standard InChI is InChI=1S/C9H18O2/c1-8(2)6-4-5-7-9(8,3)11-10/h10H,4-7H2,1-3H3. The third kappa shape index (κ3) is 1.42. The Morgan fingerprint density at radius 2 is 1.64 bits per heavy atom. The Kier molecular flexibility index (Phi) is 2.26. The Morgan fingerprint density at radius 1 is 1.09 bits per heavy atom. The highest BCUT2D eigenvalue weighted by Gasteiger charge is 2.44. The minimum absolute atomic E-state index is 0.111. The van der Waals surface area contributed by atoms with Gasteiger partial charge in [-0.2, -0.15) is 0 Å². The second-order valence-corrected chi connectivity index (χ2v) is 4.41. The Labute approximate surface area is 68.5 Å². The molecule has 1 atom stereocenters. The molecule has 0 aromatic rings. The van der Waals surface area contributed by atoms with Gasteiger partial charge in [0.1, 0.15) is 5.60 Å². The molecule has 0 heterocycles. The van der Waals surface area contributed by atoms with E-state index in [0.717, 1.165) is 12.8 Å². The van der Waals surface area contributed by atoms with Gasteiger partial charge in [-0.15, -0.1) is 0 Å². The quantitative estimate of drug-likeness (QED) is 0.469. The van der Waals surface area contributed by atoms with Crippen molar-refractivity contribution in [2.24, 2.45) is 5.41 Å². The summed E-state index contributed by atoms with van der Waals surface area (Å²) in [5, 5.41) is 8.79. The molecule has 1 aliphatic carbocycles. The van der Waals surface area contributed by atoms with Gasteiger partial charge in [-0.25, -0.2) is 4.89 Å². The van der Waals surface area contributed by atoms with Crippen LogP contribution in [-0.2, 0) is 4.89 Å². The molecule has 0 radical (unpaired) electrons. The summed E-state index contributed by atoms with van der Waals surface area (Å²) in [7, 11) is 0. The fraction of sp³-hybridized carbons (Fsp3) is 1.00. The molecule has 1 unspecified atom stereocenters. The largest absolute Gasteiger partial charge is 0.251 e. The van der Waals surface area contributed by atoms with E-state index in [1.165, 1.54) is 12.8 Å². The van der Waals surface area contributed by atoms with Gasteiger partial charge >= 0.3 is 0 Å². The summed E-state index contributed by atoms with van der Waals surface area (Å²) in [6, 6.07) is 0. The molecule has 1 rings (SSSR count). The molecule has 1 N–H and O–H groups in total. The molecule has 0 aliphatic heterocycles. The molecule has 0 spiro atoms. The van der Waals surface area contributed by atoms with Crippen molar-refractivity contribution in [3.05, 3.63) is 0 Å². The summed E-state index contributed by atoms with van der Waals surface area (Å²) in [4.78, 5) is 4.59. The first-order valence-electron chi connectivity index (χ1n) is 4.34. The van der Waals surface area contributed by atoms with Gasteiger partial charge in [-0.05, 0) is 25.2 Å². The van der Waals surface area contributed by atoms with E-state index in [4.69, 9.17) is 5.26 Å². The topological polar surface area (TPSA) is 29.5 Å². The van der Waals surface area contributed by atoms with Gasteiger partial charge in [-0.1, -0.05) is 26.7 Å². The number of hydrogen-bond donors (Lipinski definition) is 1. The predicted octanol–water partition coefficient (Wildman–Crippen LogP) is 2.83. The fourth-order valence-corrected chi connectivity index (χ4v) is 1.80. The molecule has 66 valence electrons. The predicted molar refractivity (Wildman–Crippen MR) is 44.4 cm³/mol. The summed E-state index contributed by atoms with van der Waals surface area (Å²) in [5.41, 5.74) is -0.217. The van der Waals surface area contributed by atoms with Crippen molar-refractivity contribution in [3.8, 4) is 0 Å². The minimum Gasteiger partial charge on any atom is -0.251 e. The first-order chi connectivity index (χ1) is 5.02. The molecule has 0 bridgehead atoms. The molecule has 1 saturated carbocycles. The maximum absolute atomic E-state index is 8.79. The zero-order chi connectivity index (χ0) is 8.54. The number of rotatable bonds is 1. The van der Waals surface area contributed by atoms with E-state index < -0.39 is 0 Å². The smallest absolute Gasteiger partial charge is 0.106 e. The maximum Gasteiger partial charge on any atom is 0.106 e. The summed E-state index contributed by atoms with van der Waals surface area (Å²) in [6.07, 6.45) is 4.53. The minimum atomic E-state index is -0.328. The van der Waals surface area contributed by atoms with Crippen LogP contribution in [0.25, 0.3) is 0 Å². The Hall–Kier alpha value is -0.0800. The van der Waals surface area contributed by atoms with Crippen molar-refractivity contribution in [3.63, 3.8) is 0 Å². The van der Waals surface area contributed by atoms with Gasteiger partial charge in [-0.3, -0.25) is 5.26 Å². The normalized spacial score (nSPS) is 37.1. The SMILES string of the molecule is CC1(C)CCCCC1(C)OO. The van der Waals surface area contributed by atoms with Gasteiger partial charge in [0.05, 0.1) is 0 Å². The summed E-state index contributed by atoms with van der Waals surface area (Å²) in [6.45, 7) is 6.30. The van der Waals surface area contributed by atoms with Crippen LogP contribution in [0.3, 0.4) is 0 Å². The van der Waals surface area contributed by atoms with Crippen LogP contribution in [0.15, 0.2) is 0 Å². The van der Waals surface area contributed by atoms with E-state index in [0.29, 0.717) is 0 Å². The molecule has 2 heteroatoms. The van der Waals surface area contributed by atoms with Crippen LogP contribution in [0.2, 0.25) is 0 Å². The molecular weight excluding hydrogens is 140 g/mol. The van der Waals surface area contributed by atoms with Gasteiger partial charge in [0.15, 0.2) is 0 Å². The first kappa shape index (κ1) is 9.01. The number of hydrogen-bond acceptors (Lipinski definition) is 2. The van der Waals surface area contributed by atoms with Crippen LogP contribution in [0.4, 0.5) is 0 Å². The zero-order valence-electron chi connectivity index (χ0n) is 7.68. The Balaban J connectivity index is 2.74. The van der Waals surface area contributed by atoms with E-state index in [9.17, 15) is 0 Å². The Morgan fingerprint density at radius 3 is 2.00 bits per heavy atom. The van der Waals surface area contributed by atoms with Gasteiger partial charge < -0.3 is 0 Å². The molecule has 1 aliphatic rings. The van der Waals surface area contributed by atoms with Crippen LogP contribution in [0.1, 0.15) is 46.5 Å². The lowest BCUT2D eigenvalue weighted by Gasteiger charge is -2.45. The summed E-state index contributed by atoms with van der Waals surface area (Å²) in [5.74, 6) is 0. The van der Waals surface area contributed by atoms with Crippen molar-refractivity contribution in [1.82, 2.24) is 0 Å². The van der Waals surface area contributed by atoms with E-state index in [1.807, 2.05) is 6.92 Å². The fourth-order valence-electron chi connectivity index (χ4n) is 1.80. The maximum atomic E-state index is 8.79. The van der Waals surface area contributed by atoms with Gasteiger partial charge in [0.25, 0.3) is 0 Å². The second-order valence-electron chi connectivity index (χ2n) is 4.41. The molecule has 2 nitrogen and oxygen atoms in total. The lowest BCUT2D eigenvalue weighted by Crippen LogP contribution is -2.46. The summed E-state index contributed by atoms with van der Waals surface area (Å²) < 4.78 is 0. The van der Waals surface area contributed by atoms with Crippen molar-refractivity contribution >= 4 is 0 Å². The highest BCUT2D eigenvalue weighted by atomic mass is 17.1. The van der Waals surface area contributed by atoms with E-state index in [-0.39, 0.29) is 11.0 Å². The molecule has 0 amide bonds. The van der Waals surface area contributed by atoms with Crippen LogP contribution in [-0.4, -0.2) is 10.9 Å². The monoisotopic (exact) mass is 158 g/mol. The zero-order valence-corrected chi connectivity index (χ0v) is 7.68. The molecule has 0 aromatic heterocycles. The first-order valence-corrected chi connectivity index (χ1v) is 4.34. The highest BCUT2D eigenvalue weighted by molar-refractivity contribution is 4.93. The van der Waals surface area contributed by atoms with E-state index in [2.05, 4.69) is 18.7 Å². The average molecular weight is 158 g/mol. The van der Waals surface area contributed by atoms with Crippen molar-refractivity contribution in [2.75, 3.05) is 0 Å². The second kappa shape index (κ2) is 2.76. The van der Waals surface area contributed by atoms with E-state index >= 15 is 0 Å². The van der Waals surface area contributed by atoms with Gasteiger partial charge in [0.2, 0.25) is 0 Å².